The van der Waals surface area contributed by atoms with Gasteiger partial charge in [0.2, 0.25) is 0 Å². The number of benzene rings is 3. The number of rotatable bonds is 3. The first-order chi connectivity index (χ1) is 19.6. The van der Waals surface area contributed by atoms with Crippen molar-refractivity contribution in [2.75, 3.05) is 63.1 Å². The molecule has 2 aliphatic rings. The van der Waals surface area contributed by atoms with Gasteiger partial charge in [-0.2, -0.15) is 10.4 Å². The molecule has 0 aromatic heterocycles. The lowest BCUT2D eigenvalue weighted by atomic mass is 9.97. The van der Waals surface area contributed by atoms with Crippen LogP contribution in [0, 0.1) is 23.0 Å². The molecule has 208 valence electrons. The molecule has 0 saturated carbocycles. The minimum absolute atomic E-state index is 0.0385. The molecule has 0 spiro atoms. The first-order valence-electron chi connectivity index (χ1n) is 13.2. The molecule has 0 bridgehead atoms. The van der Waals surface area contributed by atoms with Gasteiger partial charge in [-0.05, 0) is 47.5 Å². The van der Waals surface area contributed by atoms with E-state index in [1.807, 2.05) is 30.3 Å². The summed E-state index contributed by atoms with van der Waals surface area (Å²) in [5.74, 6) is -0.527. The molecule has 0 amide bonds. The van der Waals surface area contributed by atoms with Crippen LogP contribution in [0.5, 0.6) is 5.75 Å². The van der Waals surface area contributed by atoms with Gasteiger partial charge in [-0.1, -0.05) is 18.2 Å². The Hall–Kier alpha value is -4.04. The van der Waals surface area contributed by atoms with E-state index in [-0.39, 0.29) is 5.69 Å². The number of nitrogens with zero attached hydrogens (tertiary/aromatic N) is 3. The van der Waals surface area contributed by atoms with Crippen molar-refractivity contribution >= 4 is 17.1 Å². The Morgan fingerprint density at radius 1 is 0.850 bits per heavy atom. The number of hydrazone groups is 1. The van der Waals surface area contributed by atoms with Gasteiger partial charge >= 0.3 is 0 Å². The molecule has 5 rings (SSSR count). The van der Waals surface area contributed by atoms with Crippen LogP contribution in [0.4, 0.5) is 20.2 Å². The highest BCUT2D eigenvalue weighted by Crippen LogP contribution is 2.40. The van der Waals surface area contributed by atoms with Crippen LogP contribution < -0.4 is 15.1 Å². The Kier molecular flexibility index (Phi) is 9.18. The third-order valence-electron chi connectivity index (χ3n) is 6.59. The number of anilines is 2. The Morgan fingerprint density at radius 2 is 1.57 bits per heavy atom. The van der Waals surface area contributed by atoms with Crippen molar-refractivity contribution in [1.82, 2.24) is 0 Å². The van der Waals surface area contributed by atoms with E-state index in [1.165, 1.54) is 5.01 Å². The fraction of sp³-hybridized carbons (Fsp3) is 0.333. The molecule has 2 heterocycles. The molecular formula is C30H30F2N4O4. The summed E-state index contributed by atoms with van der Waals surface area (Å²) >= 11 is 0. The predicted octanol–water partition coefficient (Wildman–Crippen LogP) is 5.05. The number of ether oxygens (including phenoxy) is 4. The summed E-state index contributed by atoms with van der Waals surface area (Å²) in [6.07, 6.45) is 0.436. The van der Waals surface area contributed by atoms with Gasteiger partial charge in [0.15, 0.2) is 0 Å². The first kappa shape index (κ1) is 27.5. The van der Waals surface area contributed by atoms with Crippen LogP contribution in [0.2, 0.25) is 0 Å². The zero-order chi connectivity index (χ0) is 27.7. The summed E-state index contributed by atoms with van der Waals surface area (Å²) in [6.45, 7) is 3.74. The summed E-state index contributed by atoms with van der Waals surface area (Å²) in [6, 6.07) is 17.8. The number of fused-ring (bicyclic) bond motifs is 1. The number of nitrogens with one attached hydrogen (secondary N) is 1. The predicted molar refractivity (Wildman–Crippen MR) is 147 cm³/mol. The summed E-state index contributed by atoms with van der Waals surface area (Å²) in [4.78, 5) is 0. The van der Waals surface area contributed by atoms with Crippen molar-refractivity contribution in [3.05, 3.63) is 89.0 Å². The monoisotopic (exact) mass is 548 g/mol. The summed E-state index contributed by atoms with van der Waals surface area (Å²) < 4.78 is 52.0. The van der Waals surface area contributed by atoms with E-state index in [1.54, 1.807) is 12.1 Å². The third-order valence-corrected chi connectivity index (χ3v) is 6.59. The average Bonchev–Trinajstić information content (AvgIpc) is 3.42. The molecule has 3 aromatic rings. The third kappa shape index (κ3) is 6.74. The second-order valence-electron chi connectivity index (χ2n) is 9.26. The van der Waals surface area contributed by atoms with Gasteiger partial charge in [-0.15, -0.1) is 0 Å². The smallest absolute Gasteiger partial charge is 0.148 e. The summed E-state index contributed by atoms with van der Waals surface area (Å²) in [7, 11) is 0. The molecule has 1 unspecified atom stereocenters. The van der Waals surface area contributed by atoms with E-state index in [2.05, 4.69) is 11.4 Å². The maximum atomic E-state index is 15.0. The number of nitriles is 1. The summed E-state index contributed by atoms with van der Waals surface area (Å²) in [5.41, 5.74) is 3.67. The van der Waals surface area contributed by atoms with Crippen molar-refractivity contribution in [3.63, 3.8) is 0 Å². The number of halogens is 2. The molecule has 40 heavy (non-hydrogen) atoms. The van der Waals surface area contributed by atoms with Crippen molar-refractivity contribution < 1.29 is 27.7 Å². The number of hydrogen-bond donors (Lipinski definition) is 1. The van der Waals surface area contributed by atoms with Gasteiger partial charge in [0.25, 0.3) is 0 Å². The SMILES string of the molecule is N#Cc1ccc(C2=NN(c3cc(F)ccc3F)C(c3ccc4c(c3)OCCOCCOCCOCCN4)C2)cc1. The van der Waals surface area contributed by atoms with Crippen LogP contribution in [-0.4, -0.2) is 58.5 Å². The maximum absolute atomic E-state index is 15.0. The molecule has 0 fully saturated rings. The lowest BCUT2D eigenvalue weighted by Crippen LogP contribution is -2.20. The molecule has 1 N–H and O–H groups in total. The van der Waals surface area contributed by atoms with Crippen LogP contribution >= 0.6 is 0 Å². The molecule has 8 nitrogen and oxygen atoms in total. The number of hydrogen-bond acceptors (Lipinski definition) is 8. The Morgan fingerprint density at radius 3 is 2.33 bits per heavy atom. The van der Waals surface area contributed by atoms with E-state index in [9.17, 15) is 8.78 Å². The van der Waals surface area contributed by atoms with Crippen LogP contribution in [0.3, 0.4) is 0 Å². The van der Waals surface area contributed by atoms with Crippen molar-refractivity contribution in [1.29, 1.82) is 5.26 Å². The van der Waals surface area contributed by atoms with Crippen LogP contribution in [-0.2, 0) is 14.2 Å². The standard InChI is InChI=1S/C30H30F2N4O4/c31-24-6-7-25(32)29(18-24)36-28(19-27(35-36)22-3-1-21(20-33)2-4-22)23-5-8-26-30(17-23)40-16-15-39-14-13-38-12-11-37-10-9-34-26/h1-8,17-18,28,34H,9-16,19H2. The molecule has 0 aliphatic carbocycles. The van der Waals surface area contributed by atoms with Gasteiger partial charge < -0.3 is 24.3 Å². The maximum Gasteiger partial charge on any atom is 0.148 e. The van der Waals surface area contributed by atoms with Crippen molar-refractivity contribution in [2.45, 2.75) is 12.5 Å². The molecule has 0 saturated heterocycles. The Labute approximate surface area is 231 Å². The minimum Gasteiger partial charge on any atom is -0.489 e. The first-order valence-corrected chi connectivity index (χ1v) is 13.2. The van der Waals surface area contributed by atoms with Gasteiger partial charge in [0.1, 0.15) is 24.0 Å². The largest absolute Gasteiger partial charge is 0.489 e. The highest BCUT2D eigenvalue weighted by atomic mass is 19.1. The molecule has 2 aliphatic heterocycles. The minimum atomic E-state index is -0.579. The highest BCUT2D eigenvalue weighted by molar-refractivity contribution is 6.03. The molecule has 1 atom stereocenters. The van der Waals surface area contributed by atoms with Crippen LogP contribution in [0.1, 0.15) is 29.2 Å². The fourth-order valence-electron chi connectivity index (χ4n) is 4.59. The molecule has 3 aromatic carbocycles. The van der Waals surface area contributed by atoms with Gasteiger partial charge in [-0.3, -0.25) is 5.01 Å². The average molecular weight is 549 g/mol. The Balaban J connectivity index is 1.45. The van der Waals surface area contributed by atoms with E-state index in [0.29, 0.717) is 76.2 Å². The fourth-order valence-corrected chi connectivity index (χ4v) is 4.59. The molecular weight excluding hydrogens is 518 g/mol. The Bertz CT molecular complexity index is 1380. The second-order valence-corrected chi connectivity index (χ2v) is 9.26. The van der Waals surface area contributed by atoms with E-state index in [0.717, 1.165) is 35.0 Å². The van der Waals surface area contributed by atoms with Crippen molar-refractivity contribution in [2.24, 2.45) is 5.10 Å². The zero-order valence-corrected chi connectivity index (χ0v) is 21.9. The van der Waals surface area contributed by atoms with Gasteiger partial charge in [0, 0.05) is 19.0 Å². The quantitative estimate of drug-likeness (QED) is 0.490. The van der Waals surface area contributed by atoms with E-state index < -0.39 is 17.7 Å². The molecule has 0 radical (unpaired) electrons. The molecule has 10 heteroatoms. The van der Waals surface area contributed by atoms with E-state index >= 15 is 0 Å². The van der Waals surface area contributed by atoms with Gasteiger partial charge in [0.05, 0.1) is 74.4 Å². The second kappa shape index (κ2) is 13.3. The van der Waals surface area contributed by atoms with E-state index in [4.69, 9.17) is 29.3 Å². The normalized spacial score (nSPS) is 18.8. The zero-order valence-electron chi connectivity index (χ0n) is 21.9. The van der Waals surface area contributed by atoms with Crippen LogP contribution in [0.15, 0.2) is 65.8 Å². The van der Waals surface area contributed by atoms with Crippen molar-refractivity contribution in [3.8, 4) is 11.8 Å². The summed E-state index contributed by atoms with van der Waals surface area (Å²) in [5, 5.41) is 18.8. The highest BCUT2D eigenvalue weighted by Gasteiger charge is 2.32. The lowest BCUT2D eigenvalue weighted by Gasteiger charge is -2.25. The van der Waals surface area contributed by atoms with Crippen LogP contribution in [0.25, 0.3) is 0 Å². The van der Waals surface area contributed by atoms with Gasteiger partial charge in [-0.25, -0.2) is 8.78 Å². The topological polar surface area (TPSA) is 88.3 Å². The lowest BCUT2D eigenvalue weighted by molar-refractivity contribution is 0.0114.